The Labute approximate surface area is 157 Å². The summed E-state index contributed by atoms with van der Waals surface area (Å²) in [5.41, 5.74) is 7.47. The topological polar surface area (TPSA) is 85.7 Å². The number of nitrogens with zero attached hydrogens (tertiary/aromatic N) is 2. The predicted molar refractivity (Wildman–Crippen MR) is 103 cm³/mol. The molecule has 0 bridgehead atoms. The molecule has 0 amide bonds. The number of ether oxygens (including phenoxy) is 1. The zero-order chi connectivity index (χ0) is 16.1. The lowest BCUT2D eigenvalue weighted by molar-refractivity contribution is 0.376. The highest BCUT2D eigenvalue weighted by Crippen LogP contribution is 2.27. The molecular weight excluding hydrogens is 431 g/mol. The maximum absolute atomic E-state index is 6.05. The van der Waals surface area contributed by atoms with E-state index in [1.165, 1.54) is 0 Å². The van der Waals surface area contributed by atoms with Crippen LogP contribution in [0, 0.1) is 0 Å². The molecule has 2 rings (SSSR count). The second kappa shape index (κ2) is 8.97. The third kappa shape index (κ3) is 5.58. The van der Waals surface area contributed by atoms with Gasteiger partial charge >= 0.3 is 0 Å². The van der Waals surface area contributed by atoms with Crippen LogP contribution in [0.4, 0.5) is 5.69 Å². The van der Waals surface area contributed by atoms with E-state index in [0.717, 1.165) is 11.4 Å². The van der Waals surface area contributed by atoms with E-state index >= 15 is 0 Å². The van der Waals surface area contributed by atoms with Gasteiger partial charge < -0.3 is 20.3 Å². The number of aliphatic imine (C=N–C) groups is 1. The highest BCUT2D eigenvalue weighted by molar-refractivity contribution is 14.0. The first-order chi connectivity index (χ1) is 10.5. The van der Waals surface area contributed by atoms with Gasteiger partial charge in [0.2, 0.25) is 0 Å². The highest BCUT2D eigenvalue weighted by atomic mass is 127. The van der Waals surface area contributed by atoms with Gasteiger partial charge in [0, 0.05) is 11.8 Å². The Bertz CT molecular complexity index is 673. The number of hydrogen-bond donors (Lipinski definition) is 2. The van der Waals surface area contributed by atoms with Crippen LogP contribution in [0.3, 0.4) is 0 Å². The maximum atomic E-state index is 6.05. The van der Waals surface area contributed by atoms with E-state index in [1.807, 2.05) is 19.9 Å². The van der Waals surface area contributed by atoms with Crippen LogP contribution in [0.25, 0.3) is 0 Å². The van der Waals surface area contributed by atoms with E-state index in [0.29, 0.717) is 29.0 Å². The van der Waals surface area contributed by atoms with Crippen molar-refractivity contribution in [2.45, 2.75) is 26.3 Å². The van der Waals surface area contributed by atoms with E-state index in [9.17, 15) is 0 Å². The molecule has 3 N–H and O–H groups in total. The SMILES string of the molecule is COc1ccc(NC(N)=NCc2cc(C(C)C)no2)cc1Cl.I. The van der Waals surface area contributed by atoms with Gasteiger partial charge in [-0.2, -0.15) is 0 Å². The molecule has 0 unspecified atom stereocenters. The molecule has 0 aliphatic heterocycles. The van der Waals surface area contributed by atoms with Crippen molar-refractivity contribution in [3.05, 3.63) is 40.7 Å². The first-order valence-corrected chi connectivity index (χ1v) is 7.23. The van der Waals surface area contributed by atoms with Crippen molar-refractivity contribution in [3.63, 3.8) is 0 Å². The van der Waals surface area contributed by atoms with Gasteiger partial charge in [0.25, 0.3) is 0 Å². The van der Waals surface area contributed by atoms with Gasteiger partial charge in [-0.05, 0) is 24.1 Å². The summed E-state index contributed by atoms with van der Waals surface area (Å²) >= 11 is 6.05. The minimum absolute atomic E-state index is 0. The number of methoxy groups -OCH3 is 1. The second-order valence-corrected chi connectivity index (χ2v) is 5.46. The molecule has 126 valence electrons. The molecule has 8 heteroatoms. The molecule has 23 heavy (non-hydrogen) atoms. The average molecular weight is 451 g/mol. The standard InChI is InChI=1S/C15H19ClN4O2.HI/c1-9(2)13-7-11(22-20-13)8-18-15(17)19-10-4-5-14(21-3)12(16)6-10;/h4-7,9H,8H2,1-3H3,(H3,17,18,19);1H. The van der Waals surface area contributed by atoms with Gasteiger partial charge in [0.15, 0.2) is 11.7 Å². The van der Waals surface area contributed by atoms with Crippen LogP contribution in [0.1, 0.15) is 31.2 Å². The van der Waals surface area contributed by atoms with Crippen molar-refractivity contribution in [3.8, 4) is 5.75 Å². The fourth-order valence-corrected chi connectivity index (χ4v) is 2.03. The molecule has 1 aromatic heterocycles. The van der Waals surface area contributed by atoms with Gasteiger partial charge in [-0.3, -0.25) is 0 Å². The number of guanidine groups is 1. The normalized spacial score (nSPS) is 11.3. The van der Waals surface area contributed by atoms with E-state index in [-0.39, 0.29) is 29.9 Å². The fourth-order valence-electron chi connectivity index (χ4n) is 1.77. The molecule has 0 aliphatic rings. The van der Waals surface area contributed by atoms with Crippen LogP contribution in [-0.2, 0) is 6.54 Å². The number of nitrogens with two attached hydrogens (primary N) is 1. The molecular formula is C15H20ClIN4O2. The Morgan fingerprint density at radius 2 is 2.17 bits per heavy atom. The summed E-state index contributed by atoms with van der Waals surface area (Å²) in [6, 6.07) is 7.15. The number of benzene rings is 1. The smallest absolute Gasteiger partial charge is 0.193 e. The van der Waals surface area contributed by atoms with E-state index in [2.05, 4.69) is 15.5 Å². The van der Waals surface area contributed by atoms with E-state index < -0.39 is 0 Å². The third-order valence-electron chi connectivity index (χ3n) is 3.00. The van der Waals surface area contributed by atoms with Crippen LogP contribution in [-0.4, -0.2) is 18.2 Å². The second-order valence-electron chi connectivity index (χ2n) is 5.05. The average Bonchev–Trinajstić information content (AvgIpc) is 2.94. The third-order valence-corrected chi connectivity index (χ3v) is 3.29. The summed E-state index contributed by atoms with van der Waals surface area (Å²) < 4.78 is 10.3. The van der Waals surface area contributed by atoms with Crippen LogP contribution in [0.15, 0.2) is 33.8 Å². The monoisotopic (exact) mass is 450 g/mol. The molecule has 0 saturated carbocycles. The van der Waals surface area contributed by atoms with Gasteiger partial charge in [0.05, 0.1) is 17.8 Å². The quantitative estimate of drug-likeness (QED) is 0.408. The maximum Gasteiger partial charge on any atom is 0.193 e. The lowest BCUT2D eigenvalue weighted by Gasteiger charge is -2.08. The molecule has 0 saturated heterocycles. The molecule has 1 aromatic carbocycles. The number of rotatable bonds is 5. The number of anilines is 1. The Kier molecular flexibility index (Phi) is 7.63. The van der Waals surface area contributed by atoms with Crippen molar-refractivity contribution in [2.24, 2.45) is 10.7 Å². The van der Waals surface area contributed by atoms with Crippen molar-refractivity contribution in [1.29, 1.82) is 0 Å². The van der Waals surface area contributed by atoms with Crippen LogP contribution in [0.5, 0.6) is 5.75 Å². The Hall–Kier alpha value is -1.48. The Morgan fingerprint density at radius 1 is 1.43 bits per heavy atom. The molecule has 1 heterocycles. The highest BCUT2D eigenvalue weighted by Gasteiger charge is 2.07. The molecule has 0 atom stereocenters. The molecule has 2 aromatic rings. The van der Waals surface area contributed by atoms with E-state index in [1.54, 1.807) is 25.3 Å². The van der Waals surface area contributed by atoms with Crippen LogP contribution in [0.2, 0.25) is 5.02 Å². The number of halogens is 2. The number of nitrogens with one attached hydrogen (secondary N) is 1. The fraction of sp³-hybridized carbons (Fsp3) is 0.333. The summed E-state index contributed by atoms with van der Waals surface area (Å²) in [5, 5.41) is 7.43. The number of hydrogen-bond acceptors (Lipinski definition) is 4. The Balaban J connectivity index is 0.00000264. The van der Waals surface area contributed by atoms with Gasteiger partial charge in [-0.1, -0.05) is 30.6 Å². The van der Waals surface area contributed by atoms with Crippen LogP contribution >= 0.6 is 35.6 Å². The van der Waals surface area contributed by atoms with Crippen molar-refractivity contribution >= 4 is 47.2 Å². The van der Waals surface area contributed by atoms with Gasteiger partial charge in [0.1, 0.15) is 12.3 Å². The van der Waals surface area contributed by atoms with Crippen molar-refractivity contribution in [1.82, 2.24) is 5.16 Å². The summed E-state index contributed by atoms with van der Waals surface area (Å²) in [5.74, 6) is 1.86. The summed E-state index contributed by atoms with van der Waals surface area (Å²) in [6.07, 6.45) is 0. The van der Waals surface area contributed by atoms with E-state index in [4.69, 9.17) is 26.6 Å². The molecule has 6 nitrogen and oxygen atoms in total. The zero-order valence-electron chi connectivity index (χ0n) is 13.2. The zero-order valence-corrected chi connectivity index (χ0v) is 16.3. The summed E-state index contributed by atoms with van der Waals surface area (Å²) in [7, 11) is 1.56. The van der Waals surface area contributed by atoms with Crippen LogP contribution < -0.4 is 15.8 Å². The largest absolute Gasteiger partial charge is 0.495 e. The molecule has 0 fully saturated rings. The first kappa shape index (κ1) is 19.6. The summed E-state index contributed by atoms with van der Waals surface area (Å²) in [4.78, 5) is 4.21. The first-order valence-electron chi connectivity index (χ1n) is 6.85. The lowest BCUT2D eigenvalue weighted by atomic mass is 10.1. The minimum Gasteiger partial charge on any atom is -0.495 e. The summed E-state index contributed by atoms with van der Waals surface area (Å²) in [6.45, 7) is 4.42. The Morgan fingerprint density at radius 3 is 2.74 bits per heavy atom. The van der Waals surface area contributed by atoms with Gasteiger partial charge in [-0.25, -0.2) is 4.99 Å². The van der Waals surface area contributed by atoms with Gasteiger partial charge in [-0.15, -0.1) is 24.0 Å². The number of aromatic nitrogens is 1. The molecule has 0 spiro atoms. The predicted octanol–water partition coefficient (Wildman–Crippen LogP) is 4.00. The van der Waals surface area contributed by atoms with Crippen molar-refractivity contribution < 1.29 is 9.26 Å². The molecule has 0 aliphatic carbocycles. The minimum atomic E-state index is 0. The molecule has 0 radical (unpaired) electrons. The van der Waals surface area contributed by atoms with Crippen molar-refractivity contribution in [2.75, 3.05) is 12.4 Å². The lowest BCUT2D eigenvalue weighted by Crippen LogP contribution is -2.22.